The summed E-state index contributed by atoms with van der Waals surface area (Å²) in [5, 5.41) is 0. The monoisotopic (exact) mass is 269 g/mol. The van der Waals surface area contributed by atoms with E-state index in [2.05, 4.69) is 0 Å². The van der Waals surface area contributed by atoms with Crippen LogP contribution in [0.3, 0.4) is 0 Å². The normalized spacial score (nSPS) is 12.5. The lowest BCUT2D eigenvalue weighted by Crippen LogP contribution is -2.14. The molecule has 0 spiro atoms. The molecule has 1 unspecified atom stereocenters. The van der Waals surface area contributed by atoms with Gasteiger partial charge in [-0.1, -0.05) is 6.07 Å². The first-order valence-electron chi connectivity index (χ1n) is 5.56. The second kappa shape index (κ2) is 5.01. The largest absolute Gasteiger partial charge is 0.320 e. The van der Waals surface area contributed by atoms with Crippen LogP contribution in [0.15, 0.2) is 30.3 Å². The van der Waals surface area contributed by atoms with Gasteiger partial charge in [0.15, 0.2) is 17.5 Å². The molecule has 5 heteroatoms. The van der Waals surface area contributed by atoms with Crippen molar-refractivity contribution in [2.45, 2.75) is 13.0 Å². The van der Waals surface area contributed by atoms with Crippen LogP contribution in [-0.2, 0) is 0 Å². The van der Waals surface area contributed by atoms with Crippen LogP contribution in [0.25, 0.3) is 0 Å². The SMILES string of the molecule is Cc1ccc(F)cc1C(N)c1cc(F)c(F)c(F)c1. The van der Waals surface area contributed by atoms with E-state index in [0.717, 1.165) is 12.1 Å². The van der Waals surface area contributed by atoms with E-state index < -0.39 is 29.3 Å². The van der Waals surface area contributed by atoms with E-state index in [-0.39, 0.29) is 5.56 Å². The maximum absolute atomic E-state index is 13.2. The Kier molecular flexibility index (Phi) is 3.57. The highest BCUT2D eigenvalue weighted by molar-refractivity contribution is 5.37. The van der Waals surface area contributed by atoms with Gasteiger partial charge < -0.3 is 5.73 Å². The molecule has 100 valence electrons. The van der Waals surface area contributed by atoms with Crippen molar-refractivity contribution in [3.05, 3.63) is 70.3 Å². The summed E-state index contributed by atoms with van der Waals surface area (Å²) in [6.45, 7) is 1.70. The van der Waals surface area contributed by atoms with Gasteiger partial charge in [-0.15, -0.1) is 0 Å². The van der Waals surface area contributed by atoms with Gasteiger partial charge >= 0.3 is 0 Å². The number of hydrogen-bond donors (Lipinski definition) is 1. The fourth-order valence-electron chi connectivity index (χ4n) is 1.88. The molecule has 0 aliphatic rings. The third-order valence-electron chi connectivity index (χ3n) is 2.94. The highest BCUT2D eigenvalue weighted by Gasteiger charge is 2.17. The maximum Gasteiger partial charge on any atom is 0.194 e. The Labute approximate surface area is 107 Å². The Bertz CT molecular complexity index is 602. The third-order valence-corrected chi connectivity index (χ3v) is 2.94. The highest BCUT2D eigenvalue weighted by Crippen LogP contribution is 2.25. The molecule has 0 saturated heterocycles. The summed E-state index contributed by atoms with van der Waals surface area (Å²) in [6.07, 6.45) is 0. The summed E-state index contributed by atoms with van der Waals surface area (Å²) >= 11 is 0. The van der Waals surface area contributed by atoms with Crippen molar-refractivity contribution in [1.29, 1.82) is 0 Å². The van der Waals surface area contributed by atoms with Crippen LogP contribution in [-0.4, -0.2) is 0 Å². The molecule has 2 rings (SSSR count). The zero-order valence-electron chi connectivity index (χ0n) is 10.1. The zero-order chi connectivity index (χ0) is 14.2. The van der Waals surface area contributed by atoms with Crippen LogP contribution < -0.4 is 5.73 Å². The summed E-state index contributed by atoms with van der Waals surface area (Å²) in [5.74, 6) is -4.69. The third kappa shape index (κ3) is 2.61. The Balaban J connectivity index is 2.49. The van der Waals surface area contributed by atoms with Crippen molar-refractivity contribution in [3.8, 4) is 0 Å². The molecular weight excluding hydrogens is 258 g/mol. The molecule has 0 radical (unpaired) electrons. The fraction of sp³-hybridized carbons (Fsp3) is 0.143. The molecule has 0 amide bonds. The predicted octanol–water partition coefficient (Wildman–Crippen LogP) is 3.60. The van der Waals surface area contributed by atoms with Crippen molar-refractivity contribution in [1.82, 2.24) is 0 Å². The first-order valence-corrected chi connectivity index (χ1v) is 5.56. The van der Waals surface area contributed by atoms with E-state index in [0.29, 0.717) is 11.1 Å². The van der Waals surface area contributed by atoms with Gasteiger partial charge in [0.2, 0.25) is 0 Å². The standard InChI is InChI=1S/C14H11F4N/c1-7-2-3-9(15)6-10(7)14(19)8-4-11(16)13(18)12(17)5-8/h2-6,14H,19H2,1H3. The van der Waals surface area contributed by atoms with Crippen molar-refractivity contribution in [2.24, 2.45) is 5.73 Å². The van der Waals surface area contributed by atoms with Gasteiger partial charge in [0.05, 0.1) is 6.04 Å². The lowest BCUT2D eigenvalue weighted by atomic mass is 9.95. The topological polar surface area (TPSA) is 26.0 Å². The summed E-state index contributed by atoms with van der Waals surface area (Å²) in [7, 11) is 0. The number of hydrogen-bond acceptors (Lipinski definition) is 1. The molecule has 2 aromatic carbocycles. The summed E-state index contributed by atoms with van der Waals surface area (Å²) in [5.41, 5.74) is 6.97. The molecular formula is C14H11F4N. The Morgan fingerprint density at radius 1 is 0.947 bits per heavy atom. The molecule has 0 aromatic heterocycles. The minimum Gasteiger partial charge on any atom is -0.320 e. The average molecular weight is 269 g/mol. The quantitative estimate of drug-likeness (QED) is 0.654. The number of benzene rings is 2. The van der Waals surface area contributed by atoms with Gasteiger partial charge in [-0.2, -0.15) is 0 Å². The van der Waals surface area contributed by atoms with Crippen LogP contribution in [0.4, 0.5) is 17.6 Å². The first-order chi connectivity index (χ1) is 8.90. The summed E-state index contributed by atoms with van der Waals surface area (Å²) in [4.78, 5) is 0. The van der Waals surface area contributed by atoms with E-state index in [1.165, 1.54) is 18.2 Å². The van der Waals surface area contributed by atoms with Crippen LogP contribution >= 0.6 is 0 Å². The molecule has 0 aliphatic heterocycles. The van der Waals surface area contributed by atoms with Gasteiger partial charge in [0, 0.05) is 0 Å². The average Bonchev–Trinajstić information content (AvgIpc) is 2.37. The molecule has 2 N–H and O–H groups in total. The van der Waals surface area contributed by atoms with Crippen molar-refractivity contribution >= 4 is 0 Å². The predicted molar refractivity (Wildman–Crippen MR) is 63.5 cm³/mol. The van der Waals surface area contributed by atoms with Crippen molar-refractivity contribution in [2.75, 3.05) is 0 Å². The molecule has 0 saturated carbocycles. The lowest BCUT2D eigenvalue weighted by Gasteiger charge is -2.16. The molecule has 0 aliphatic carbocycles. The van der Waals surface area contributed by atoms with Gasteiger partial charge in [0.1, 0.15) is 5.82 Å². The molecule has 1 nitrogen and oxygen atoms in total. The Morgan fingerprint density at radius 2 is 1.53 bits per heavy atom. The first kappa shape index (κ1) is 13.5. The molecule has 1 atom stereocenters. The van der Waals surface area contributed by atoms with E-state index >= 15 is 0 Å². The van der Waals surface area contributed by atoms with E-state index in [1.54, 1.807) is 6.92 Å². The molecule has 2 aromatic rings. The van der Waals surface area contributed by atoms with Crippen LogP contribution in [0.1, 0.15) is 22.7 Å². The molecule has 0 bridgehead atoms. The van der Waals surface area contributed by atoms with Gasteiger partial charge in [-0.05, 0) is 47.9 Å². The van der Waals surface area contributed by atoms with Crippen molar-refractivity contribution < 1.29 is 17.6 Å². The van der Waals surface area contributed by atoms with Crippen molar-refractivity contribution in [3.63, 3.8) is 0 Å². The van der Waals surface area contributed by atoms with Gasteiger partial charge in [-0.25, -0.2) is 17.6 Å². The van der Waals surface area contributed by atoms with E-state index in [1.807, 2.05) is 0 Å². The van der Waals surface area contributed by atoms with Gasteiger partial charge in [-0.3, -0.25) is 0 Å². The second-order valence-electron chi connectivity index (χ2n) is 4.28. The smallest absolute Gasteiger partial charge is 0.194 e. The highest BCUT2D eigenvalue weighted by atomic mass is 19.2. The lowest BCUT2D eigenvalue weighted by molar-refractivity contribution is 0.444. The Morgan fingerprint density at radius 3 is 2.11 bits per heavy atom. The number of nitrogens with two attached hydrogens (primary N) is 1. The minimum atomic E-state index is -1.55. The maximum atomic E-state index is 13.2. The number of rotatable bonds is 2. The zero-order valence-corrected chi connectivity index (χ0v) is 10.1. The van der Waals surface area contributed by atoms with E-state index in [4.69, 9.17) is 5.73 Å². The number of aryl methyl sites for hydroxylation is 1. The van der Waals surface area contributed by atoms with Crippen LogP contribution in [0.5, 0.6) is 0 Å². The van der Waals surface area contributed by atoms with Crippen LogP contribution in [0, 0.1) is 30.2 Å². The fourth-order valence-corrected chi connectivity index (χ4v) is 1.88. The van der Waals surface area contributed by atoms with E-state index in [9.17, 15) is 17.6 Å². The number of halogens is 4. The minimum absolute atomic E-state index is 0.0464. The van der Waals surface area contributed by atoms with Crippen LogP contribution in [0.2, 0.25) is 0 Å². The molecule has 0 fully saturated rings. The molecule has 0 heterocycles. The summed E-state index contributed by atoms with van der Waals surface area (Å²) < 4.78 is 52.4. The second-order valence-corrected chi connectivity index (χ2v) is 4.28. The Hall–Kier alpha value is -1.88. The molecule has 19 heavy (non-hydrogen) atoms. The van der Waals surface area contributed by atoms with Gasteiger partial charge in [0.25, 0.3) is 0 Å². The summed E-state index contributed by atoms with van der Waals surface area (Å²) in [6, 6.07) is 4.67.